The Morgan fingerprint density at radius 3 is 2.80 bits per heavy atom. The molecule has 1 atom stereocenters. The molecular weight excluding hydrogens is 312 g/mol. The van der Waals surface area contributed by atoms with Gasteiger partial charge in [-0.05, 0) is 58.2 Å². The van der Waals surface area contributed by atoms with E-state index in [1.165, 1.54) is 49.3 Å². The van der Waals surface area contributed by atoms with Crippen molar-refractivity contribution in [2.45, 2.75) is 46.6 Å². The number of pyridine rings is 1. The summed E-state index contributed by atoms with van der Waals surface area (Å²) < 4.78 is 5.35. The molecule has 2 saturated heterocycles. The van der Waals surface area contributed by atoms with Crippen molar-refractivity contribution in [1.82, 2.24) is 15.0 Å². The highest BCUT2D eigenvalue weighted by molar-refractivity contribution is 5.47. The van der Waals surface area contributed by atoms with E-state index in [2.05, 4.69) is 32.9 Å². The van der Waals surface area contributed by atoms with Gasteiger partial charge in [-0.3, -0.25) is 4.90 Å². The highest BCUT2D eigenvalue weighted by Crippen LogP contribution is 2.41. The summed E-state index contributed by atoms with van der Waals surface area (Å²) in [7, 11) is 0. The van der Waals surface area contributed by atoms with Crippen molar-refractivity contribution in [2.24, 2.45) is 5.41 Å². The maximum atomic E-state index is 5.35. The number of piperidine rings is 1. The Kier molecular flexibility index (Phi) is 4.28. The van der Waals surface area contributed by atoms with Crippen LogP contribution in [0.5, 0.6) is 0 Å². The molecule has 5 nitrogen and oxygen atoms in total. The molecule has 0 radical (unpaired) electrons. The second-order valence-corrected chi connectivity index (χ2v) is 7.93. The number of rotatable bonds is 3. The molecule has 0 unspecified atom stereocenters. The topological polar surface area (TPSA) is 45.4 Å². The van der Waals surface area contributed by atoms with E-state index in [0.717, 1.165) is 31.1 Å². The first-order chi connectivity index (χ1) is 12.1. The van der Waals surface area contributed by atoms with Crippen LogP contribution in [0.15, 0.2) is 22.9 Å². The Bertz CT molecular complexity index is 736. The first-order valence-corrected chi connectivity index (χ1v) is 9.37. The van der Waals surface area contributed by atoms with E-state index >= 15 is 0 Å². The van der Waals surface area contributed by atoms with Crippen LogP contribution in [-0.2, 0) is 6.54 Å². The van der Waals surface area contributed by atoms with Gasteiger partial charge in [0.25, 0.3) is 0 Å². The van der Waals surface area contributed by atoms with E-state index in [0.29, 0.717) is 5.41 Å². The van der Waals surface area contributed by atoms with Crippen molar-refractivity contribution in [3.63, 3.8) is 0 Å². The molecule has 2 aliphatic heterocycles. The predicted octanol–water partition coefficient (Wildman–Crippen LogP) is 3.49. The quantitative estimate of drug-likeness (QED) is 0.856. The Balaban J connectivity index is 1.47. The number of hydrogen-bond donors (Lipinski definition) is 0. The molecule has 2 fully saturated rings. The van der Waals surface area contributed by atoms with Crippen molar-refractivity contribution in [3.05, 3.63) is 40.9 Å². The largest absolute Gasteiger partial charge is 0.361 e. The highest BCUT2D eigenvalue weighted by Gasteiger charge is 2.42. The predicted molar refractivity (Wildman–Crippen MR) is 98.7 cm³/mol. The summed E-state index contributed by atoms with van der Waals surface area (Å²) in [6.07, 6.45) is 5.78. The zero-order valence-corrected chi connectivity index (χ0v) is 15.6. The molecular formula is C20H28N4O. The standard InChI is InChI=1S/C20H28N4O/c1-15-6-4-9-21-19(15)24-11-8-20(14-24)7-5-10-23(13-20)12-18-16(2)22-25-17(18)3/h4,6,9H,5,7-8,10-14H2,1-3H3/t20-/m0/s1. The normalized spacial score (nSPS) is 24.4. The van der Waals surface area contributed by atoms with Crippen LogP contribution in [0, 0.1) is 26.2 Å². The second kappa shape index (κ2) is 6.45. The third-order valence-electron chi connectivity index (χ3n) is 6.02. The van der Waals surface area contributed by atoms with Crippen LogP contribution >= 0.6 is 0 Å². The van der Waals surface area contributed by atoms with Gasteiger partial charge < -0.3 is 9.42 Å². The smallest absolute Gasteiger partial charge is 0.138 e. The summed E-state index contributed by atoms with van der Waals surface area (Å²) in [5.74, 6) is 2.14. The summed E-state index contributed by atoms with van der Waals surface area (Å²) in [5, 5.41) is 4.11. The lowest BCUT2D eigenvalue weighted by Crippen LogP contribution is -2.44. The molecule has 0 bridgehead atoms. The maximum Gasteiger partial charge on any atom is 0.138 e. The molecule has 0 amide bonds. The lowest BCUT2D eigenvalue weighted by Gasteiger charge is -2.40. The van der Waals surface area contributed by atoms with E-state index < -0.39 is 0 Å². The number of aromatic nitrogens is 2. The van der Waals surface area contributed by atoms with E-state index in [-0.39, 0.29) is 0 Å². The molecule has 4 heterocycles. The van der Waals surface area contributed by atoms with Gasteiger partial charge in [-0.15, -0.1) is 0 Å². The Labute approximate surface area is 150 Å². The van der Waals surface area contributed by atoms with Gasteiger partial charge in [-0.2, -0.15) is 0 Å². The summed E-state index contributed by atoms with van der Waals surface area (Å²) >= 11 is 0. The first-order valence-electron chi connectivity index (χ1n) is 9.37. The average molecular weight is 340 g/mol. The number of hydrogen-bond acceptors (Lipinski definition) is 5. The fourth-order valence-corrected chi connectivity index (χ4v) is 4.65. The fraction of sp³-hybridized carbons (Fsp3) is 0.600. The Morgan fingerprint density at radius 2 is 2.04 bits per heavy atom. The van der Waals surface area contributed by atoms with Crippen LogP contribution in [0.4, 0.5) is 5.82 Å². The minimum atomic E-state index is 0.404. The van der Waals surface area contributed by atoms with Gasteiger partial charge >= 0.3 is 0 Å². The molecule has 0 aliphatic carbocycles. The summed E-state index contributed by atoms with van der Waals surface area (Å²) in [4.78, 5) is 9.73. The van der Waals surface area contributed by atoms with Gasteiger partial charge in [0, 0.05) is 43.4 Å². The van der Waals surface area contributed by atoms with Crippen LogP contribution in [0.3, 0.4) is 0 Å². The molecule has 2 aliphatic rings. The van der Waals surface area contributed by atoms with E-state index in [1.54, 1.807) is 0 Å². The van der Waals surface area contributed by atoms with Crippen molar-refractivity contribution in [1.29, 1.82) is 0 Å². The van der Waals surface area contributed by atoms with Crippen LogP contribution < -0.4 is 4.90 Å². The van der Waals surface area contributed by atoms with Gasteiger partial charge in [0.05, 0.1) is 5.69 Å². The Hall–Kier alpha value is -1.88. The highest BCUT2D eigenvalue weighted by atomic mass is 16.5. The third kappa shape index (κ3) is 3.17. The summed E-state index contributed by atoms with van der Waals surface area (Å²) in [6.45, 7) is 11.8. The molecule has 0 aromatic carbocycles. The lowest BCUT2D eigenvalue weighted by atomic mass is 9.79. The fourth-order valence-electron chi connectivity index (χ4n) is 4.65. The van der Waals surface area contributed by atoms with E-state index in [4.69, 9.17) is 4.52 Å². The van der Waals surface area contributed by atoms with Crippen LogP contribution in [0.25, 0.3) is 0 Å². The molecule has 5 heteroatoms. The minimum absolute atomic E-state index is 0.404. The van der Waals surface area contributed by atoms with Gasteiger partial charge in [0.1, 0.15) is 11.6 Å². The van der Waals surface area contributed by atoms with E-state index in [1.807, 2.05) is 26.1 Å². The van der Waals surface area contributed by atoms with Crippen molar-refractivity contribution >= 4 is 5.82 Å². The molecule has 1 spiro atoms. The van der Waals surface area contributed by atoms with E-state index in [9.17, 15) is 0 Å². The van der Waals surface area contributed by atoms with Crippen LogP contribution in [0.2, 0.25) is 0 Å². The average Bonchev–Trinajstić information content (AvgIpc) is 3.14. The van der Waals surface area contributed by atoms with Gasteiger partial charge in [0.2, 0.25) is 0 Å². The third-order valence-corrected chi connectivity index (χ3v) is 6.02. The van der Waals surface area contributed by atoms with Gasteiger partial charge in [0.15, 0.2) is 0 Å². The van der Waals surface area contributed by atoms with Crippen LogP contribution in [-0.4, -0.2) is 41.2 Å². The molecule has 2 aromatic rings. The van der Waals surface area contributed by atoms with Crippen molar-refractivity contribution in [3.8, 4) is 0 Å². The molecule has 4 rings (SSSR count). The zero-order valence-electron chi connectivity index (χ0n) is 15.6. The summed E-state index contributed by atoms with van der Waals surface area (Å²) in [6, 6.07) is 4.19. The maximum absolute atomic E-state index is 5.35. The number of anilines is 1. The first kappa shape index (κ1) is 16.6. The lowest BCUT2D eigenvalue weighted by molar-refractivity contribution is 0.0986. The Morgan fingerprint density at radius 1 is 1.16 bits per heavy atom. The molecule has 25 heavy (non-hydrogen) atoms. The second-order valence-electron chi connectivity index (χ2n) is 7.93. The SMILES string of the molecule is Cc1cccnc1N1CC[C@]2(CCCN(Cc3c(C)noc3C)C2)C1. The van der Waals surface area contributed by atoms with Crippen molar-refractivity contribution in [2.75, 3.05) is 31.1 Å². The number of nitrogens with zero attached hydrogens (tertiary/aromatic N) is 4. The molecule has 0 saturated carbocycles. The zero-order chi connectivity index (χ0) is 17.4. The van der Waals surface area contributed by atoms with Gasteiger partial charge in [-0.25, -0.2) is 4.98 Å². The molecule has 134 valence electrons. The minimum Gasteiger partial charge on any atom is -0.361 e. The van der Waals surface area contributed by atoms with Gasteiger partial charge in [-0.1, -0.05) is 11.2 Å². The molecule has 0 N–H and O–H groups in total. The number of aryl methyl sites for hydroxylation is 3. The molecule has 2 aromatic heterocycles. The van der Waals surface area contributed by atoms with Crippen LogP contribution in [0.1, 0.15) is 41.8 Å². The van der Waals surface area contributed by atoms with Crippen molar-refractivity contribution < 1.29 is 4.52 Å². The monoisotopic (exact) mass is 340 g/mol. The summed E-state index contributed by atoms with van der Waals surface area (Å²) in [5.41, 5.74) is 3.99. The number of likely N-dealkylation sites (tertiary alicyclic amines) is 1.